The largest absolute Gasteiger partial charge is 0.377 e. The normalized spacial score (nSPS) is 14.8. The number of benzene rings is 1. The topological polar surface area (TPSA) is 48.1 Å². The summed E-state index contributed by atoms with van der Waals surface area (Å²) in [5.41, 5.74) is 8.24. The highest BCUT2D eigenvalue weighted by atomic mass is 16.5. The molecule has 2 N–H and O–H groups in total. The van der Waals surface area contributed by atoms with Crippen LogP contribution in [0.1, 0.15) is 25.5 Å². The van der Waals surface area contributed by atoms with Gasteiger partial charge < -0.3 is 10.5 Å². The number of hydrogen-bond acceptors (Lipinski definition) is 3. The second kappa shape index (κ2) is 5.25. The molecule has 0 bridgehead atoms. The van der Waals surface area contributed by atoms with Crippen LogP contribution in [0.2, 0.25) is 0 Å². The molecule has 2 unspecified atom stereocenters. The highest BCUT2D eigenvalue weighted by Gasteiger charge is 2.17. The van der Waals surface area contributed by atoms with Gasteiger partial charge in [-0.3, -0.25) is 4.98 Å². The third-order valence-electron chi connectivity index (χ3n) is 2.96. The zero-order valence-electron chi connectivity index (χ0n) is 10.3. The van der Waals surface area contributed by atoms with Gasteiger partial charge in [0.05, 0.1) is 17.7 Å². The molecule has 0 saturated carbocycles. The zero-order chi connectivity index (χ0) is 12.3. The number of nitrogens with two attached hydrogens (primary N) is 1. The lowest BCUT2D eigenvalue weighted by molar-refractivity contribution is 0.0577. The number of rotatable bonds is 4. The van der Waals surface area contributed by atoms with Crippen molar-refractivity contribution in [2.24, 2.45) is 5.73 Å². The van der Waals surface area contributed by atoms with E-state index in [4.69, 9.17) is 10.5 Å². The van der Waals surface area contributed by atoms with Crippen molar-refractivity contribution in [2.45, 2.75) is 26.0 Å². The van der Waals surface area contributed by atoms with E-state index in [0.29, 0.717) is 6.61 Å². The third kappa shape index (κ3) is 2.46. The molecule has 2 rings (SSSR count). The minimum atomic E-state index is -0.145. The predicted octanol–water partition coefficient (Wildman–Crippen LogP) is 2.66. The second-order valence-electron chi connectivity index (χ2n) is 4.11. The Labute approximate surface area is 102 Å². The van der Waals surface area contributed by atoms with E-state index in [0.717, 1.165) is 16.5 Å². The van der Waals surface area contributed by atoms with Gasteiger partial charge >= 0.3 is 0 Å². The van der Waals surface area contributed by atoms with Crippen LogP contribution in [0.3, 0.4) is 0 Å². The Morgan fingerprint density at radius 2 is 2.06 bits per heavy atom. The predicted molar refractivity (Wildman–Crippen MR) is 69.8 cm³/mol. The Hall–Kier alpha value is -1.45. The van der Waals surface area contributed by atoms with Crippen LogP contribution in [0.15, 0.2) is 36.5 Å². The fourth-order valence-electron chi connectivity index (χ4n) is 2.02. The summed E-state index contributed by atoms with van der Waals surface area (Å²) in [6.07, 6.45) is 1.79. The summed E-state index contributed by atoms with van der Waals surface area (Å²) >= 11 is 0. The van der Waals surface area contributed by atoms with E-state index in [2.05, 4.69) is 4.98 Å². The summed E-state index contributed by atoms with van der Waals surface area (Å²) in [5, 5.41) is 1.11. The molecule has 2 aromatic rings. The summed E-state index contributed by atoms with van der Waals surface area (Å²) in [5.74, 6) is 0. The molecule has 2 atom stereocenters. The van der Waals surface area contributed by atoms with E-state index in [9.17, 15) is 0 Å². The fourth-order valence-corrected chi connectivity index (χ4v) is 2.02. The monoisotopic (exact) mass is 230 g/mol. The van der Waals surface area contributed by atoms with Gasteiger partial charge in [0.15, 0.2) is 0 Å². The maximum Gasteiger partial charge on any atom is 0.0750 e. The first-order chi connectivity index (χ1) is 8.24. The molecule has 0 amide bonds. The molecular weight excluding hydrogens is 212 g/mol. The number of nitrogens with zero attached hydrogens (tertiary/aromatic N) is 1. The van der Waals surface area contributed by atoms with Crippen LogP contribution in [0.5, 0.6) is 0 Å². The molecule has 0 radical (unpaired) electrons. The molecule has 0 fully saturated rings. The quantitative estimate of drug-likeness (QED) is 0.878. The standard InChI is InChI=1S/C14H18N2O/c1-3-17-10(2)13(15)12-8-4-6-11-7-5-9-16-14(11)12/h4-10,13H,3,15H2,1-2H3. The number of aromatic nitrogens is 1. The van der Waals surface area contributed by atoms with Gasteiger partial charge in [-0.15, -0.1) is 0 Å². The lowest BCUT2D eigenvalue weighted by Gasteiger charge is -2.21. The van der Waals surface area contributed by atoms with Crippen molar-refractivity contribution in [1.29, 1.82) is 0 Å². The van der Waals surface area contributed by atoms with Gasteiger partial charge in [-0.2, -0.15) is 0 Å². The van der Waals surface area contributed by atoms with E-state index < -0.39 is 0 Å². The molecule has 90 valence electrons. The van der Waals surface area contributed by atoms with Gasteiger partial charge in [-0.25, -0.2) is 0 Å². The van der Waals surface area contributed by atoms with Crippen LogP contribution in [-0.4, -0.2) is 17.7 Å². The lowest BCUT2D eigenvalue weighted by atomic mass is 10.00. The molecule has 3 heteroatoms. The van der Waals surface area contributed by atoms with E-state index in [1.807, 2.05) is 44.2 Å². The first kappa shape index (κ1) is 12.0. The number of pyridine rings is 1. The molecule has 1 aromatic heterocycles. The average molecular weight is 230 g/mol. The maximum atomic E-state index is 6.23. The smallest absolute Gasteiger partial charge is 0.0750 e. The molecule has 3 nitrogen and oxygen atoms in total. The van der Waals surface area contributed by atoms with Gasteiger partial charge in [0.2, 0.25) is 0 Å². The average Bonchev–Trinajstić information content (AvgIpc) is 2.37. The minimum absolute atomic E-state index is 0.00685. The summed E-state index contributed by atoms with van der Waals surface area (Å²) in [6.45, 7) is 4.65. The van der Waals surface area contributed by atoms with Crippen LogP contribution in [0, 0.1) is 0 Å². The van der Waals surface area contributed by atoms with Crippen molar-refractivity contribution < 1.29 is 4.74 Å². The molecule has 0 aliphatic rings. The highest BCUT2D eigenvalue weighted by Crippen LogP contribution is 2.24. The maximum absolute atomic E-state index is 6.23. The van der Waals surface area contributed by atoms with Crippen molar-refractivity contribution in [2.75, 3.05) is 6.61 Å². The number of ether oxygens (including phenoxy) is 1. The van der Waals surface area contributed by atoms with Crippen LogP contribution < -0.4 is 5.73 Å². The van der Waals surface area contributed by atoms with Gasteiger partial charge in [-0.05, 0) is 25.5 Å². The Kier molecular flexibility index (Phi) is 3.71. The molecule has 0 aliphatic carbocycles. The van der Waals surface area contributed by atoms with Crippen molar-refractivity contribution in [1.82, 2.24) is 4.98 Å². The van der Waals surface area contributed by atoms with Crippen molar-refractivity contribution in [3.8, 4) is 0 Å². The summed E-state index contributed by atoms with van der Waals surface area (Å²) in [7, 11) is 0. The van der Waals surface area contributed by atoms with Gasteiger partial charge in [0, 0.05) is 18.2 Å². The SMILES string of the molecule is CCOC(C)C(N)c1cccc2cccnc12. The Morgan fingerprint density at radius 1 is 1.29 bits per heavy atom. The molecule has 1 aromatic carbocycles. The number of para-hydroxylation sites is 1. The first-order valence-corrected chi connectivity index (χ1v) is 5.95. The van der Waals surface area contributed by atoms with Gasteiger partial charge in [-0.1, -0.05) is 24.3 Å². The Bertz CT molecular complexity index is 493. The van der Waals surface area contributed by atoms with Gasteiger partial charge in [0.25, 0.3) is 0 Å². The summed E-state index contributed by atoms with van der Waals surface area (Å²) < 4.78 is 5.55. The second-order valence-corrected chi connectivity index (χ2v) is 4.11. The van der Waals surface area contributed by atoms with Crippen molar-refractivity contribution in [3.05, 3.63) is 42.1 Å². The van der Waals surface area contributed by atoms with E-state index in [1.54, 1.807) is 6.20 Å². The molecule has 17 heavy (non-hydrogen) atoms. The summed E-state index contributed by atoms with van der Waals surface area (Å²) in [6, 6.07) is 9.92. The van der Waals surface area contributed by atoms with Crippen LogP contribution in [0.4, 0.5) is 0 Å². The summed E-state index contributed by atoms with van der Waals surface area (Å²) in [4.78, 5) is 4.41. The Balaban J connectivity index is 2.41. The fraction of sp³-hybridized carbons (Fsp3) is 0.357. The van der Waals surface area contributed by atoms with Crippen molar-refractivity contribution in [3.63, 3.8) is 0 Å². The van der Waals surface area contributed by atoms with E-state index in [-0.39, 0.29) is 12.1 Å². The molecule has 0 spiro atoms. The molecular formula is C14H18N2O. The lowest BCUT2D eigenvalue weighted by Crippen LogP contribution is -2.26. The first-order valence-electron chi connectivity index (χ1n) is 5.95. The number of fused-ring (bicyclic) bond motifs is 1. The van der Waals surface area contributed by atoms with Crippen LogP contribution >= 0.6 is 0 Å². The Morgan fingerprint density at radius 3 is 2.82 bits per heavy atom. The third-order valence-corrected chi connectivity index (χ3v) is 2.96. The molecule has 0 aliphatic heterocycles. The highest BCUT2D eigenvalue weighted by molar-refractivity contribution is 5.82. The van der Waals surface area contributed by atoms with Crippen LogP contribution in [0.25, 0.3) is 10.9 Å². The minimum Gasteiger partial charge on any atom is -0.377 e. The van der Waals surface area contributed by atoms with E-state index >= 15 is 0 Å². The molecule has 1 heterocycles. The van der Waals surface area contributed by atoms with Crippen LogP contribution in [-0.2, 0) is 4.74 Å². The van der Waals surface area contributed by atoms with Crippen molar-refractivity contribution >= 4 is 10.9 Å². The molecule has 0 saturated heterocycles. The van der Waals surface area contributed by atoms with E-state index in [1.165, 1.54) is 0 Å². The number of hydrogen-bond donors (Lipinski definition) is 1. The van der Waals surface area contributed by atoms with Gasteiger partial charge in [0.1, 0.15) is 0 Å². The zero-order valence-corrected chi connectivity index (χ0v) is 10.3.